The van der Waals surface area contributed by atoms with Gasteiger partial charge in [0.15, 0.2) is 0 Å². The van der Waals surface area contributed by atoms with Crippen LogP contribution in [0.15, 0.2) is 60.8 Å². The number of ether oxygens (including phenoxy) is 1. The second kappa shape index (κ2) is 10.3. The largest absolute Gasteiger partial charge is 0.416 e. The van der Waals surface area contributed by atoms with Gasteiger partial charge in [-0.15, -0.1) is 0 Å². The third-order valence-electron chi connectivity index (χ3n) is 4.41. The highest BCUT2D eigenvalue weighted by molar-refractivity contribution is 6.06. The Labute approximate surface area is 187 Å². The van der Waals surface area contributed by atoms with Gasteiger partial charge in [-0.1, -0.05) is 0 Å². The smallest absolute Gasteiger partial charge is 0.383 e. The van der Waals surface area contributed by atoms with Crippen LogP contribution in [0, 0.1) is 5.82 Å². The average Bonchev–Trinajstić information content (AvgIpc) is 2.75. The van der Waals surface area contributed by atoms with Crippen molar-refractivity contribution in [2.45, 2.75) is 19.1 Å². The molecular formula is C22H21F4N5O2. The van der Waals surface area contributed by atoms with Gasteiger partial charge in [-0.25, -0.2) is 19.1 Å². The zero-order valence-corrected chi connectivity index (χ0v) is 17.7. The van der Waals surface area contributed by atoms with Crippen LogP contribution < -0.4 is 15.5 Å². The van der Waals surface area contributed by atoms with Crippen LogP contribution in [-0.2, 0) is 10.9 Å². The lowest BCUT2D eigenvalue weighted by Crippen LogP contribution is -2.32. The molecule has 11 heteroatoms. The maximum atomic E-state index is 13.5. The van der Waals surface area contributed by atoms with Gasteiger partial charge < -0.3 is 15.4 Å². The van der Waals surface area contributed by atoms with Crippen molar-refractivity contribution in [3.8, 4) is 0 Å². The number of nitrogens with one attached hydrogen (secondary N) is 2. The molecule has 33 heavy (non-hydrogen) atoms. The number of alkyl halides is 3. The molecule has 0 bridgehead atoms. The molecule has 2 aromatic carbocycles. The van der Waals surface area contributed by atoms with Crippen LogP contribution in [0.4, 0.5) is 45.5 Å². The minimum atomic E-state index is -4.49. The van der Waals surface area contributed by atoms with Crippen molar-refractivity contribution in [2.75, 3.05) is 29.3 Å². The van der Waals surface area contributed by atoms with E-state index in [2.05, 4.69) is 20.6 Å². The molecule has 2 N–H and O–H groups in total. The number of carbonyl (C=O) groups excluding carboxylic acids is 1. The number of carbonyl (C=O) groups is 1. The molecule has 2 amide bonds. The number of rotatable bonds is 7. The van der Waals surface area contributed by atoms with Gasteiger partial charge in [-0.05, 0) is 55.5 Å². The number of hydrogen-bond acceptors (Lipinski definition) is 5. The third kappa shape index (κ3) is 6.39. The lowest BCUT2D eigenvalue weighted by atomic mass is 10.2. The number of anilines is 4. The summed E-state index contributed by atoms with van der Waals surface area (Å²) in [5.41, 5.74) is -0.413. The first-order chi connectivity index (χ1) is 15.7. The molecule has 1 heterocycles. The van der Waals surface area contributed by atoms with E-state index in [0.717, 1.165) is 29.2 Å². The van der Waals surface area contributed by atoms with Gasteiger partial charge in [0.2, 0.25) is 5.95 Å². The number of amides is 2. The van der Waals surface area contributed by atoms with E-state index in [1.165, 1.54) is 36.5 Å². The number of benzene rings is 2. The van der Waals surface area contributed by atoms with Crippen LogP contribution in [0.5, 0.6) is 0 Å². The fourth-order valence-corrected chi connectivity index (χ4v) is 2.92. The Hall–Kier alpha value is -3.73. The molecule has 0 spiro atoms. The van der Waals surface area contributed by atoms with Gasteiger partial charge in [-0.2, -0.15) is 18.2 Å². The normalized spacial score (nSPS) is 12.2. The molecule has 1 atom stereocenters. The Balaban J connectivity index is 1.90. The zero-order valence-electron chi connectivity index (χ0n) is 17.7. The molecule has 0 aliphatic heterocycles. The van der Waals surface area contributed by atoms with Crippen LogP contribution >= 0.6 is 0 Å². The number of urea groups is 1. The number of hydrogen-bond donors (Lipinski definition) is 2. The summed E-state index contributed by atoms with van der Waals surface area (Å²) in [6, 6.07) is 9.76. The quantitative estimate of drug-likeness (QED) is 0.456. The highest BCUT2D eigenvalue weighted by atomic mass is 19.4. The molecule has 0 fully saturated rings. The number of aromatic nitrogens is 2. The SMILES string of the molecule is COC[C@H](C)Nc1nccc(N(C(=O)Nc2ccc(C(F)(F)F)cc2)c2ccc(F)cc2)n1. The lowest BCUT2D eigenvalue weighted by Gasteiger charge is -2.23. The summed E-state index contributed by atoms with van der Waals surface area (Å²) in [5, 5.41) is 5.57. The Morgan fingerprint density at radius 1 is 1.09 bits per heavy atom. The Bertz CT molecular complexity index is 1080. The topological polar surface area (TPSA) is 79.4 Å². The summed E-state index contributed by atoms with van der Waals surface area (Å²) in [4.78, 5) is 22.7. The van der Waals surface area contributed by atoms with Gasteiger partial charge in [0.05, 0.1) is 17.9 Å². The lowest BCUT2D eigenvalue weighted by molar-refractivity contribution is -0.137. The molecule has 7 nitrogen and oxygen atoms in total. The Kier molecular flexibility index (Phi) is 7.44. The van der Waals surface area contributed by atoms with Crippen molar-refractivity contribution in [1.82, 2.24) is 9.97 Å². The fourth-order valence-electron chi connectivity index (χ4n) is 2.92. The summed E-state index contributed by atoms with van der Waals surface area (Å²) < 4.78 is 56.9. The predicted octanol–water partition coefficient (Wildman–Crippen LogP) is 5.45. The first-order valence-electron chi connectivity index (χ1n) is 9.80. The predicted molar refractivity (Wildman–Crippen MR) is 116 cm³/mol. The van der Waals surface area contributed by atoms with E-state index in [-0.39, 0.29) is 29.2 Å². The van der Waals surface area contributed by atoms with Crippen LogP contribution in [0.25, 0.3) is 0 Å². The molecule has 174 valence electrons. The van der Waals surface area contributed by atoms with Gasteiger partial charge in [-0.3, -0.25) is 0 Å². The van der Waals surface area contributed by atoms with E-state index in [4.69, 9.17) is 4.74 Å². The van der Waals surface area contributed by atoms with Crippen molar-refractivity contribution in [3.05, 3.63) is 72.2 Å². The molecule has 3 aromatic rings. The summed E-state index contributed by atoms with van der Waals surface area (Å²) in [6.45, 7) is 2.25. The summed E-state index contributed by atoms with van der Waals surface area (Å²) in [7, 11) is 1.55. The third-order valence-corrected chi connectivity index (χ3v) is 4.41. The van der Waals surface area contributed by atoms with Crippen molar-refractivity contribution < 1.29 is 27.1 Å². The second-order valence-corrected chi connectivity index (χ2v) is 7.06. The summed E-state index contributed by atoms with van der Waals surface area (Å²) >= 11 is 0. The maximum absolute atomic E-state index is 13.5. The minimum Gasteiger partial charge on any atom is -0.383 e. The molecule has 0 saturated heterocycles. The van der Waals surface area contributed by atoms with E-state index in [1.807, 2.05) is 6.92 Å². The molecule has 0 saturated carbocycles. The minimum absolute atomic E-state index is 0.120. The standard InChI is InChI=1S/C22H21F4N5O2/c1-14(13-33-2)28-20-27-12-11-19(30-20)31(18-9-5-16(23)6-10-18)21(32)29-17-7-3-15(4-8-17)22(24,25)26/h3-12,14H,13H2,1-2H3,(H,29,32)(H,27,28,30)/t14-/m0/s1. The molecule has 0 aliphatic carbocycles. The van der Waals surface area contributed by atoms with Gasteiger partial charge in [0, 0.05) is 31.1 Å². The van der Waals surface area contributed by atoms with Crippen molar-refractivity contribution in [1.29, 1.82) is 0 Å². The fraction of sp³-hybridized carbons (Fsp3) is 0.227. The first kappa shape index (κ1) is 23.9. The van der Waals surface area contributed by atoms with Crippen LogP contribution in [-0.4, -0.2) is 35.8 Å². The highest BCUT2D eigenvalue weighted by Crippen LogP contribution is 2.30. The Morgan fingerprint density at radius 3 is 2.36 bits per heavy atom. The van der Waals surface area contributed by atoms with Gasteiger partial charge in [0.1, 0.15) is 11.6 Å². The Morgan fingerprint density at radius 2 is 1.76 bits per heavy atom. The van der Waals surface area contributed by atoms with E-state index < -0.39 is 23.6 Å². The van der Waals surface area contributed by atoms with Gasteiger partial charge >= 0.3 is 12.2 Å². The van der Waals surface area contributed by atoms with Crippen molar-refractivity contribution in [3.63, 3.8) is 0 Å². The second-order valence-electron chi connectivity index (χ2n) is 7.06. The van der Waals surface area contributed by atoms with E-state index in [9.17, 15) is 22.4 Å². The molecule has 0 radical (unpaired) electrons. The molecule has 1 aromatic heterocycles. The molecule has 0 unspecified atom stereocenters. The van der Waals surface area contributed by atoms with Crippen molar-refractivity contribution in [2.24, 2.45) is 0 Å². The van der Waals surface area contributed by atoms with Crippen LogP contribution in [0.2, 0.25) is 0 Å². The van der Waals surface area contributed by atoms with Crippen LogP contribution in [0.3, 0.4) is 0 Å². The van der Waals surface area contributed by atoms with E-state index in [1.54, 1.807) is 7.11 Å². The zero-order chi connectivity index (χ0) is 24.0. The monoisotopic (exact) mass is 463 g/mol. The molecule has 0 aliphatic rings. The summed E-state index contributed by atoms with van der Waals surface area (Å²) in [6.07, 6.45) is -3.06. The highest BCUT2D eigenvalue weighted by Gasteiger charge is 2.30. The van der Waals surface area contributed by atoms with E-state index in [0.29, 0.717) is 6.61 Å². The van der Waals surface area contributed by atoms with Gasteiger partial charge in [0.25, 0.3) is 0 Å². The summed E-state index contributed by atoms with van der Waals surface area (Å²) in [5.74, 6) is -0.111. The van der Waals surface area contributed by atoms with Crippen molar-refractivity contribution >= 4 is 29.2 Å². The number of halogens is 4. The molecular weight excluding hydrogens is 442 g/mol. The molecule has 3 rings (SSSR count). The first-order valence-corrected chi connectivity index (χ1v) is 9.80. The number of nitrogens with zero attached hydrogens (tertiary/aromatic N) is 3. The number of methoxy groups -OCH3 is 1. The van der Waals surface area contributed by atoms with E-state index >= 15 is 0 Å². The average molecular weight is 463 g/mol. The maximum Gasteiger partial charge on any atom is 0.416 e. The van der Waals surface area contributed by atoms with Crippen LogP contribution in [0.1, 0.15) is 12.5 Å².